The summed E-state index contributed by atoms with van der Waals surface area (Å²) in [5.74, 6) is 1.32. The fourth-order valence-electron chi connectivity index (χ4n) is 1.17. The predicted octanol–water partition coefficient (Wildman–Crippen LogP) is 2.91. The summed E-state index contributed by atoms with van der Waals surface area (Å²) < 4.78 is 0. The van der Waals surface area contributed by atoms with Gasteiger partial charge in [0.2, 0.25) is 0 Å². The van der Waals surface area contributed by atoms with Crippen LogP contribution in [0.1, 0.15) is 40.0 Å². The first-order valence-corrected chi connectivity index (χ1v) is 5.70. The summed E-state index contributed by atoms with van der Waals surface area (Å²) in [6.45, 7) is 11.7. The van der Waals surface area contributed by atoms with Crippen LogP contribution < -0.4 is 11.1 Å². The Labute approximate surface area is 117 Å². The Hall–Kier alpha value is -0.260. The smallest absolute Gasteiger partial charge is 0.188 e. The van der Waals surface area contributed by atoms with E-state index in [-0.39, 0.29) is 24.0 Å². The second kappa shape index (κ2) is 11.2. The van der Waals surface area contributed by atoms with Crippen LogP contribution in [0.4, 0.5) is 0 Å². The molecule has 0 aliphatic carbocycles. The summed E-state index contributed by atoms with van der Waals surface area (Å²) in [6.07, 6.45) is 3.68. The summed E-state index contributed by atoms with van der Waals surface area (Å²) in [4.78, 5) is 4.14. The lowest BCUT2D eigenvalue weighted by molar-refractivity contribution is 0.535. The Balaban J connectivity index is 0. The van der Waals surface area contributed by atoms with E-state index in [1.165, 1.54) is 12.8 Å². The Kier molecular flexibility index (Phi) is 12.7. The van der Waals surface area contributed by atoms with Gasteiger partial charge in [-0.15, -0.1) is 24.0 Å². The van der Waals surface area contributed by atoms with E-state index in [0.29, 0.717) is 12.5 Å². The molecule has 0 aromatic rings. The molecule has 0 amide bonds. The Bertz CT molecular complexity index is 212. The maximum Gasteiger partial charge on any atom is 0.188 e. The van der Waals surface area contributed by atoms with Crippen molar-refractivity contribution in [3.8, 4) is 0 Å². The highest BCUT2D eigenvalue weighted by Gasteiger charge is 1.94. The van der Waals surface area contributed by atoms with Crippen LogP contribution in [0.3, 0.4) is 0 Å². The quantitative estimate of drug-likeness (QED) is 0.246. The molecule has 0 saturated heterocycles. The average molecular weight is 339 g/mol. The highest BCUT2D eigenvalue weighted by molar-refractivity contribution is 14.0. The molecule has 0 spiro atoms. The number of nitrogens with two attached hydrogens (primary N) is 1. The molecule has 0 saturated carbocycles. The zero-order valence-electron chi connectivity index (χ0n) is 10.8. The van der Waals surface area contributed by atoms with Gasteiger partial charge in [-0.1, -0.05) is 38.8 Å². The number of aliphatic imine (C=N–C) groups is 1. The third kappa shape index (κ3) is 13.7. The van der Waals surface area contributed by atoms with Crippen molar-refractivity contribution < 1.29 is 0 Å². The van der Waals surface area contributed by atoms with Gasteiger partial charge in [0.05, 0.1) is 6.54 Å². The van der Waals surface area contributed by atoms with Gasteiger partial charge in [0.25, 0.3) is 0 Å². The molecule has 0 bridgehead atoms. The van der Waals surface area contributed by atoms with Gasteiger partial charge in [0, 0.05) is 6.54 Å². The molecule has 16 heavy (non-hydrogen) atoms. The van der Waals surface area contributed by atoms with Crippen LogP contribution in [0.15, 0.2) is 17.1 Å². The molecule has 0 aromatic heterocycles. The van der Waals surface area contributed by atoms with Crippen LogP contribution in [0.5, 0.6) is 0 Å². The topological polar surface area (TPSA) is 50.4 Å². The molecule has 0 unspecified atom stereocenters. The molecule has 0 aliphatic heterocycles. The molecule has 0 fully saturated rings. The van der Waals surface area contributed by atoms with Gasteiger partial charge >= 0.3 is 0 Å². The van der Waals surface area contributed by atoms with E-state index in [1.807, 2.05) is 6.92 Å². The van der Waals surface area contributed by atoms with Gasteiger partial charge in [-0.3, -0.25) is 0 Å². The van der Waals surface area contributed by atoms with Crippen LogP contribution in [0, 0.1) is 5.92 Å². The maximum absolute atomic E-state index is 5.66. The summed E-state index contributed by atoms with van der Waals surface area (Å²) in [5.41, 5.74) is 6.69. The van der Waals surface area contributed by atoms with Crippen molar-refractivity contribution in [2.45, 2.75) is 40.0 Å². The minimum atomic E-state index is 0. The van der Waals surface area contributed by atoms with Gasteiger partial charge in [-0.2, -0.15) is 0 Å². The zero-order valence-corrected chi connectivity index (χ0v) is 13.1. The van der Waals surface area contributed by atoms with Crippen molar-refractivity contribution in [1.29, 1.82) is 0 Å². The summed E-state index contributed by atoms with van der Waals surface area (Å²) in [6, 6.07) is 0. The standard InChI is InChI=1S/C12H25N3.HI/c1-10(2)7-5-6-8-14-12(13)15-9-11(3)4;/h10H,3,5-9H2,1-2,4H3,(H3,13,14,15);1H. The van der Waals surface area contributed by atoms with Crippen LogP contribution >= 0.6 is 24.0 Å². The second-order valence-electron chi connectivity index (χ2n) is 4.47. The lowest BCUT2D eigenvalue weighted by atomic mass is 10.1. The molecular weight excluding hydrogens is 313 g/mol. The number of nitrogens with one attached hydrogen (secondary N) is 1. The van der Waals surface area contributed by atoms with Gasteiger partial charge < -0.3 is 11.1 Å². The first-order chi connectivity index (χ1) is 7.02. The van der Waals surface area contributed by atoms with E-state index in [0.717, 1.165) is 24.5 Å². The molecular formula is C12H26IN3. The second-order valence-corrected chi connectivity index (χ2v) is 4.47. The van der Waals surface area contributed by atoms with Crippen molar-refractivity contribution in [3.63, 3.8) is 0 Å². The van der Waals surface area contributed by atoms with Crippen molar-refractivity contribution in [3.05, 3.63) is 12.2 Å². The number of guanidine groups is 1. The highest BCUT2D eigenvalue weighted by atomic mass is 127. The van der Waals surface area contributed by atoms with Crippen LogP contribution in [0.2, 0.25) is 0 Å². The molecule has 4 heteroatoms. The molecule has 0 rings (SSSR count). The number of unbranched alkanes of at least 4 members (excludes halogenated alkanes) is 1. The summed E-state index contributed by atoms with van der Waals surface area (Å²) in [5, 5.41) is 3.10. The van der Waals surface area contributed by atoms with Gasteiger partial charge in [0.15, 0.2) is 5.96 Å². The number of hydrogen-bond acceptors (Lipinski definition) is 1. The fraction of sp³-hybridized carbons (Fsp3) is 0.750. The molecule has 0 atom stereocenters. The first kappa shape index (κ1) is 18.1. The monoisotopic (exact) mass is 339 g/mol. The van der Waals surface area contributed by atoms with Crippen molar-refractivity contribution in [2.75, 3.05) is 13.1 Å². The molecule has 0 aliphatic rings. The number of rotatable bonds is 7. The third-order valence-electron chi connectivity index (χ3n) is 2.03. The van der Waals surface area contributed by atoms with Gasteiger partial charge in [-0.25, -0.2) is 4.99 Å². The van der Waals surface area contributed by atoms with Crippen LogP contribution in [-0.4, -0.2) is 19.0 Å². The third-order valence-corrected chi connectivity index (χ3v) is 2.03. The Morgan fingerprint density at radius 1 is 1.38 bits per heavy atom. The average Bonchev–Trinajstić information content (AvgIpc) is 2.13. The number of nitrogens with zero attached hydrogens (tertiary/aromatic N) is 1. The molecule has 0 heterocycles. The lowest BCUT2D eigenvalue weighted by Gasteiger charge is -2.06. The predicted molar refractivity (Wildman–Crippen MR) is 83.4 cm³/mol. The van der Waals surface area contributed by atoms with Crippen LogP contribution in [-0.2, 0) is 0 Å². The minimum absolute atomic E-state index is 0. The SMILES string of the molecule is C=C(C)CN=C(N)NCCCCC(C)C.I. The van der Waals surface area contributed by atoms with E-state index in [1.54, 1.807) is 0 Å². The van der Waals surface area contributed by atoms with E-state index >= 15 is 0 Å². The van der Waals surface area contributed by atoms with E-state index in [2.05, 4.69) is 30.7 Å². The Morgan fingerprint density at radius 2 is 2.00 bits per heavy atom. The Morgan fingerprint density at radius 3 is 2.50 bits per heavy atom. The summed E-state index contributed by atoms with van der Waals surface area (Å²) >= 11 is 0. The van der Waals surface area contributed by atoms with E-state index < -0.39 is 0 Å². The first-order valence-electron chi connectivity index (χ1n) is 5.70. The van der Waals surface area contributed by atoms with Crippen molar-refractivity contribution >= 4 is 29.9 Å². The highest BCUT2D eigenvalue weighted by Crippen LogP contribution is 2.04. The van der Waals surface area contributed by atoms with Crippen LogP contribution in [0.25, 0.3) is 0 Å². The van der Waals surface area contributed by atoms with Crippen molar-refractivity contribution in [1.82, 2.24) is 5.32 Å². The largest absolute Gasteiger partial charge is 0.370 e. The molecule has 0 radical (unpaired) electrons. The van der Waals surface area contributed by atoms with E-state index in [9.17, 15) is 0 Å². The van der Waals surface area contributed by atoms with Gasteiger partial charge in [0.1, 0.15) is 0 Å². The summed E-state index contributed by atoms with van der Waals surface area (Å²) in [7, 11) is 0. The number of hydrogen-bond donors (Lipinski definition) is 2. The van der Waals surface area contributed by atoms with E-state index in [4.69, 9.17) is 5.73 Å². The molecule has 3 N–H and O–H groups in total. The van der Waals surface area contributed by atoms with Gasteiger partial charge in [-0.05, 0) is 19.3 Å². The zero-order chi connectivity index (χ0) is 11.7. The fourth-order valence-corrected chi connectivity index (χ4v) is 1.17. The molecule has 0 aromatic carbocycles. The molecule has 3 nitrogen and oxygen atoms in total. The molecule has 96 valence electrons. The lowest BCUT2D eigenvalue weighted by Crippen LogP contribution is -2.32. The number of halogens is 1. The maximum atomic E-state index is 5.66. The minimum Gasteiger partial charge on any atom is -0.370 e. The van der Waals surface area contributed by atoms with Crippen molar-refractivity contribution in [2.24, 2.45) is 16.6 Å². The normalized spacial score (nSPS) is 11.1.